The Morgan fingerprint density at radius 1 is 1.19 bits per heavy atom. The summed E-state index contributed by atoms with van der Waals surface area (Å²) in [5, 5.41) is 0. The Balaban J connectivity index is 2.21. The molecule has 1 saturated carbocycles. The molecule has 0 aromatic carbocycles. The fourth-order valence-corrected chi connectivity index (χ4v) is 4.57. The molecular formula is C21H36O5. The third-order valence-electron chi connectivity index (χ3n) is 6.08. The van der Waals surface area contributed by atoms with Gasteiger partial charge in [-0.15, -0.1) is 0 Å². The molecule has 1 saturated heterocycles. The molecule has 0 aromatic heterocycles. The van der Waals surface area contributed by atoms with Gasteiger partial charge in [-0.05, 0) is 63.7 Å². The van der Waals surface area contributed by atoms with Gasteiger partial charge in [-0.25, -0.2) is 4.79 Å². The summed E-state index contributed by atoms with van der Waals surface area (Å²) in [6.07, 6.45) is 5.13. The van der Waals surface area contributed by atoms with Gasteiger partial charge in [0.25, 0.3) is 0 Å². The minimum Gasteiger partial charge on any atom is -0.469 e. The Morgan fingerprint density at radius 3 is 2.46 bits per heavy atom. The zero-order valence-corrected chi connectivity index (χ0v) is 17.3. The number of methoxy groups -OCH3 is 1. The van der Waals surface area contributed by atoms with Gasteiger partial charge in [-0.1, -0.05) is 27.2 Å². The first-order valence-electron chi connectivity index (χ1n) is 10.1. The van der Waals surface area contributed by atoms with Gasteiger partial charge in [0.1, 0.15) is 6.10 Å². The molecular weight excluding hydrogens is 332 g/mol. The van der Waals surface area contributed by atoms with Crippen LogP contribution in [-0.2, 0) is 23.8 Å². The van der Waals surface area contributed by atoms with Crippen LogP contribution in [0.2, 0.25) is 0 Å². The van der Waals surface area contributed by atoms with E-state index < -0.39 is 17.2 Å². The fourth-order valence-electron chi connectivity index (χ4n) is 4.57. The van der Waals surface area contributed by atoms with Gasteiger partial charge in [0.2, 0.25) is 0 Å². The van der Waals surface area contributed by atoms with E-state index in [1.54, 1.807) is 0 Å². The van der Waals surface area contributed by atoms with Crippen molar-refractivity contribution in [2.45, 2.75) is 96.9 Å². The van der Waals surface area contributed by atoms with Gasteiger partial charge >= 0.3 is 11.9 Å². The number of carbonyl (C=O) groups is 2. The average Bonchev–Trinajstić information content (AvgIpc) is 2.53. The molecule has 0 radical (unpaired) electrons. The Labute approximate surface area is 158 Å². The van der Waals surface area contributed by atoms with E-state index in [0.29, 0.717) is 24.2 Å². The summed E-state index contributed by atoms with van der Waals surface area (Å²) in [7, 11) is 1.34. The molecule has 2 rings (SSSR count). The van der Waals surface area contributed by atoms with E-state index in [1.165, 1.54) is 13.5 Å². The number of esters is 2. The number of hydrogen-bond donors (Lipinski definition) is 0. The SMILES string of the molecule is COC(=O)C[C@]1(C(=O)OC2CC(C)CC[C@@H]2C(C)C)CCCC(C)(C)O1. The van der Waals surface area contributed by atoms with Crippen LogP contribution in [0.25, 0.3) is 0 Å². The van der Waals surface area contributed by atoms with Crippen molar-refractivity contribution in [1.29, 1.82) is 0 Å². The molecule has 0 bridgehead atoms. The second-order valence-corrected chi connectivity index (χ2v) is 9.23. The van der Waals surface area contributed by atoms with Crippen LogP contribution in [0.3, 0.4) is 0 Å². The largest absolute Gasteiger partial charge is 0.469 e. The highest BCUT2D eigenvalue weighted by molar-refractivity contribution is 5.86. The summed E-state index contributed by atoms with van der Waals surface area (Å²) >= 11 is 0. The predicted molar refractivity (Wildman–Crippen MR) is 99.6 cm³/mol. The topological polar surface area (TPSA) is 61.8 Å². The van der Waals surface area contributed by atoms with Gasteiger partial charge in [0.15, 0.2) is 5.60 Å². The number of carbonyl (C=O) groups excluding carboxylic acids is 2. The molecule has 1 heterocycles. The molecule has 5 heteroatoms. The predicted octanol–water partition coefficient (Wildman–Crippen LogP) is 4.27. The maximum atomic E-state index is 13.2. The first-order valence-corrected chi connectivity index (χ1v) is 10.1. The summed E-state index contributed by atoms with van der Waals surface area (Å²) < 4.78 is 17.1. The molecule has 5 nitrogen and oxygen atoms in total. The quantitative estimate of drug-likeness (QED) is 0.678. The smallest absolute Gasteiger partial charge is 0.339 e. The van der Waals surface area contributed by atoms with E-state index in [2.05, 4.69) is 20.8 Å². The van der Waals surface area contributed by atoms with E-state index in [1.807, 2.05) is 13.8 Å². The lowest BCUT2D eigenvalue weighted by Gasteiger charge is -2.45. The van der Waals surface area contributed by atoms with E-state index in [9.17, 15) is 9.59 Å². The minimum atomic E-state index is -1.23. The highest BCUT2D eigenvalue weighted by atomic mass is 16.6. The highest BCUT2D eigenvalue weighted by Crippen LogP contribution is 2.41. The maximum Gasteiger partial charge on any atom is 0.339 e. The van der Waals surface area contributed by atoms with Crippen LogP contribution in [0.4, 0.5) is 0 Å². The molecule has 2 unspecified atom stereocenters. The van der Waals surface area contributed by atoms with E-state index in [4.69, 9.17) is 14.2 Å². The first-order chi connectivity index (χ1) is 12.1. The number of ether oxygens (including phenoxy) is 3. The zero-order valence-electron chi connectivity index (χ0n) is 17.3. The van der Waals surface area contributed by atoms with Gasteiger partial charge in [0.05, 0.1) is 19.1 Å². The number of rotatable bonds is 5. The molecule has 0 amide bonds. The van der Waals surface area contributed by atoms with Crippen molar-refractivity contribution >= 4 is 11.9 Å². The Bertz CT molecular complexity index is 513. The van der Waals surface area contributed by atoms with Crippen LogP contribution in [0.1, 0.15) is 79.6 Å². The molecule has 1 aliphatic carbocycles. The molecule has 2 fully saturated rings. The molecule has 1 aliphatic heterocycles. The highest BCUT2D eigenvalue weighted by Gasteiger charge is 2.51. The van der Waals surface area contributed by atoms with Crippen molar-refractivity contribution in [3.05, 3.63) is 0 Å². The average molecular weight is 369 g/mol. The third kappa shape index (κ3) is 4.99. The third-order valence-corrected chi connectivity index (χ3v) is 6.08. The second-order valence-electron chi connectivity index (χ2n) is 9.23. The molecule has 2 aliphatic rings. The number of hydrogen-bond acceptors (Lipinski definition) is 5. The van der Waals surface area contributed by atoms with Crippen LogP contribution in [0.5, 0.6) is 0 Å². The first kappa shape index (κ1) is 21.2. The van der Waals surface area contributed by atoms with Crippen LogP contribution in [0.15, 0.2) is 0 Å². The van der Waals surface area contributed by atoms with Crippen molar-refractivity contribution in [3.63, 3.8) is 0 Å². The second kappa shape index (κ2) is 8.28. The van der Waals surface area contributed by atoms with Crippen LogP contribution in [0, 0.1) is 17.8 Å². The summed E-state index contributed by atoms with van der Waals surface area (Å²) in [5.74, 6) is 0.545. The standard InChI is InChI=1S/C21H36O5/c1-14(2)16-9-8-15(3)12-17(16)25-19(23)21(13-18(22)24-6)11-7-10-20(4,5)26-21/h14-17H,7-13H2,1-6H3/t15?,16-,17?,21+/m1/s1. The molecule has 0 aromatic rings. The fraction of sp³-hybridized carbons (Fsp3) is 0.905. The van der Waals surface area contributed by atoms with E-state index >= 15 is 0 Å². The normalized spacial score (nSPS) is 34.3. The van der Waals surface area contributed by atoms with Crippen LogP contribution < -0.4 is 0 Å². The lowest BCUT2D eigenvalue weighted by molar-refractivity contribution is -0.219. The zero-order chi connectivity index (χ0) is 19.5. The summed E-state index contributed by atoms with van der Waals surface area (Å²) in [4.78, 5) is 25.3. The molecule has 4 atom stereocenters. The summed E-state index contributed by atoms with van der Waals surface area (Å²) in [6, 6.07) is 0. The minimum absolute atomic E-state index is 0.0830. The van der Waals surface area contributed by atoms with Gasteiger partial charge in [-0.2, -0.15) is 0 Å². The Kier molecular flexibility index (Phi) is 6.75. The van der Waals surface area contributed by atoms with Gasteiger partial charge in [-0.3, -0.25) is 4.79 Å². The van der Waals surface area contributed by atoms with Crippen LogP contribution >= 0.6 is 0 Å². The molecule has 0 N–H and O–H groups in total. The monoisotopic (exact) mass is 368 g/mol. The van der Waals surface area contributed by atoms with Crippen molar-refractivity contribution in [3.8, 4) is 0 Å². The lowest BCUT2D eigenvalue weighted by atomic mass is 9.75. The summed E-state index contributed by atoms with van der Waals surface area (Å²) in [6.45, 7) is 10.5. The Hall–Kier alpha value is -1.10. The summed E-state index contributed by atoms with van der Waals surface area (Å²) in [5.41, 5.74) is -1.68. The molecule has 26 heavy (non-hydrogen) atoms. The maximum absolute atomic E-state index is 13.2. The van der Waals surface area contributed by atoms with Gasteiger partial charge in [0, 0.05) is 0 Å². The van der Waals surface area contributed by atoms with E-state index in [-0.39, 0.29) is 18.5 Å². The van der Waals surface area contributed by atoms with Crippen LogP contribution in [-0.4, -0.2) is 36.4 Å². The molecule has 0 spiro atoms. The van der Waals surface area contributed by atoms with Crippen molar-refractivity contribution in [1.82, 2.24) is 0 Å². The molecule has 150 valence electrons. The Morgan fingerprint density at radius 2 is 1.88 bits per heavy atom. The van der Waals surface area contributed by atoms with E-state index in [0.717, 1.165) is 25.7 Å². The van der Waals surface area contributed by atoms with Crippen molar-refractivity contribution in [2.24, 2.45) is 17.8 Å². The van der Waals surface area contributed by atoms with Crippen molar-refractivity contribution < 1.29 is 23.8 Å². The van der Waals surface area contributed by atoms with Crippen molar-refractivity contribution in [2.75, 3.05) is 7.11 Å². The lowest BCUT2D eigenvalue weighted by Crippen LogP contribution is -2.54. The van der Waals surface area contributed by atoms with Gasteiger partial charge < -0.3 is 14.2 Å².